The summed E-state index contributed by atoms with van der Waals surface area (Å²) in [7, 11) is 0. The number of para-hydroxylation sites is 2. The molecule has 0 atom stereocenters. The molecule has 9 heteroatoms. The second-order valence-electron chi connectivity index (χ2n) is 7.17. The van der Waals surface area contributed by atoms with Crippen molar-refractivity contribution in [2.45, 2.75) is 12.1 Å². The third-order valence-electron chi connectivity index (χ3n) is 4.84. The maximum Gasteiger partial charge on any atom is 0.266 e. The number of fused-ring (bicyclic) bond motifs is 1. The third-order valence-corrected chi connectivity index (χ3v) is 5.77. The lowest BCUT2D eigenvalue weighted by molar-refractivity contribution is -0.118. The zero-order chi connectivity index (χ0) is 23.4. The molecule has 3 aromatic carbocycles. The van der Waals surface area contributed by atoms with Gasteiger partial charge in [-0.2, -0.15) is 5.10 Å². The van der Waals surface area contributed by atoms with Gasteiger partial charge in [0, 0.05) is 0 Å². The summed E-state index contributed by atoms with van der Waals surface area (Å²) in [6.07, 6.45) is 1.35. The number of hydrogen-bond acceptors (Lipinski definition) is 7. The van der Waals surface area contributed by atoms with E-state index in [1.54, 1.807) is 24.3 Å². The van der Waals surface area contributed by atoms with E-state index in [2.05, 4.69) is 15.5 Å². The van der Waals surface area contributed by atoms with Crippen LogP contribution in [-0.4, -0.2) is 37.6 Å². The van der Waals surface area contributed by atoms with Gasteiger partial charge < -0.3 is 10.2 Å². The summed E-state index contributed by atoms with van der Waals surface area (Å²) in [5.74, 6) is -0.931. The molecule has 1 amide bonds. The molecule has 0 radical (unpaired) electrons. The second kappa shape index (κ2) is 9.58. The Balaban J connectivity index is 1.56. The molecule has 3 N–H and O–H groups in total. The monoisotopic (exact) mass is 460 g/mol. The minimum absolute atomic E-state index is 0.0190. The maximum atomic E-state index is 13.3. The Labute approximate surface area is 193 Å². The number of aromatic nitrogens is 2. The SMILES string of the molecule is Cc1ccccc1-n1c(SCC(=O)N/N=C\c2ccc(O)c(O)c2)nc2ccccc2c1=O. The van der Waals surface area contributed by atoms with Crippen molar-refractivity contribution in [2.24, 2.45) is 5.10 Å². The van der Waals surface area contributed by atoms with Crippen LogP contribution >= 0.6 is 11.8 Å². The van der Waals surface area contributed by atoms with E-state index in [1.165, 1.54) is 22.9 Å². The first-order valence-electron chi connectivity index (χ1n) is 9.98. The van der Waals surface area contributed by atoms with Gasteiger partial charge in [0.25, 0.3) is 11.5 Å². The number of nitrogens with zero attached hydrogens (tertiary/aromatic N) is 3. The number of amides is 1. The van der Waals surface area contributed by atoms with Gasteiger partial charge in [0.15, 0.2) is 16.7 Å². The molecule has 166 valence electrons. The molecular formula is C24H20N4O4S. The molecule has 0 fully saturated rings. The molecule has 0 saturated heterocycles. The number of phenolic OH excluding ortho intramolecular Hbond substituents is 2. The van der Waals surface area contributed by atoms with Crippen LogP contribution in [0.15, 0.2) is 81.8 Å². The highest BCUT2D eigenvalue weighted by molar-refractivity contribution is 7.99. The van der Waals surface area contributed by atoms with Gasteiger partial charge >= 0.3 is 0 Å². The lowest BCUT2D eigenvalue weighted by Gasteiger charge is -2.14. The fourth-order valence-electron chi connectivity index (χ4n) is 3.20. The number of nitrogens with one attached hydrogen (secondary N) is 1. The Hall–Kier alpha value is -4.11. The van der Waals surface area contributed by atoms with E-state index in [0.717, 1.165) is 17.3 Å². The summed E-state index contributed by atoms with van der Waals surface area (Å²) in [5.41, 5.74) is 4.87. The molecule has 4 rings (SSSR count). The molecule has 0 spiro atoms. The molecular weight excluding hydrogens is 440 g/mol. The van der Waals surface area contributed by atoms with Crippen LogP contribution in [0, 0.1) is 6.92 Å². The van der Waals surface area contributed by atoms with E-state index in [4.69, 9.17) is 0 Å². The fraction of sp³-hybridized carbons (Fsp3) is 0.0833. The second-order valence-corrected chi connectivity index (χ2v) is 8.11. The summed E-state index contributed by atoms with van der Waals surface area (Å²) in [5, 5.41) is 23.6. The predicted octanol–water partition coefficient (Wildman–Crippen LogP) is 3.35. The summed E-state index contributed by atoms with van der Waals surface area (Å²) in [6, 6.07) is 18.8. The van der Waals surface area contributed by atoms with E-state index >= 15 is 0 Å². The third kappa shape index (κ3) is 4.88. The minimum atomic E-state index is -0.391. The summed E-state index contributed by atoms with van der Waals surface area (Å²) < 4.78 is 1.53. The number of carbonyl (C=O) groups excluding carboxylic acids is 1. The molecule has 0 unspecified atom stereocenters. The Morgan fingerprint density at radius 3 is 2.64 bits per heavy atom. The van der Waals surface area contributed by atoms with Crippen LogP contribution in [0.5, 0.6) is 11.5 Å². The lowest BCUT2D eigenvalue weighted by atomic mass is 10.2. The quantitative estimate of drug-likeness (QED) is 0.134. The van der Waals surface area contributed by atoms with E-state index in [1.807, 2.05) is 37.3 Å². The van der Waals surface area contributed by atoms with Gasteiger partial charge in [-0.3, -0.25) is 14.2 Å². The van der Waals surface area contributed by atoms with Crippen LogP contribution in [0.25, 0.3) is 16.6 Å². The Morgan fingerprint density at radius 1 is 1.09 bits per heavy atom. The van der Waals surface area contributed by atoms with Gasteiger partial charge in [-0.1, -0.05) is 42.1 Å². The van der Waals surface area contributed by atoms with Crippen molar-refractivity contribution in [1.29, 1.82) is 0 Å². The van der Waals surface area contributed by atoms with Crippen LogP contribution in [-0.2, 0) is 4.79 Å². The Kier molecular flexibility index (Phi) is 6.41. The van der Waals surface area contributed by atoms with Crippen molar-refractivity contribution in [1.82, 2.24) is 15.0 Å². The van der Waals surface area contributed by atoms with E-state index in [0.29, 0.717) is 27.3 Å². The van der Waals surface area contributed by atoms with E-state index in [-0.39, 0.29) is 22.8 Å². The smallest absolute Gasteiger partial charge is 0.266 e. The molecule has 1 heterocycles. The van der Waals surface area contributed by atoms with Crippen molar-refractivity contribution in [3.8, 4) is 17.2 Å². The molecule has 0 aliphatic carbocycles. The maximum absolute atomic E-state index is 13.3. The van der Waals surface area contributed by atoms with Gasteiger partial charge in [-0.25, -0.2) is 10.4 Å². The van der Waals surface area contributed by atoms with Gasteiger partial charge in [-0.05, 0) is 54.4 Å². The molecule has 0 bridgehead atoms. The largest absolute Gasteiger partial charge is 0.504 e. The number of aryl methyl sites for hydroxylation is 1. The summed E-state index contributed by atoms with van der Waals surface area (Å²) >= 11 is 1.13. The predicted molar refractivity (Wildman–Crippen MR) is 128 cm³/mol. The number of benzene rings is 3. The highest BCUT2D eigenvalue weighted by Crippen LogP contribution is 2.24. The first kappa shape index (κ1) is 22.1. The number of carbonyl (C=O) groups is 1. The normalized spacial score (nSPS) is 11.2. The standard InChI is InChI=1S/C24H20N4O4S/c1-15-6-2-5-9-19(15)28-23(32)17-7-3-4-8-18(17)26-24(28)33-14-22(31)27-25-13-16-10-11-20(29)21(30)12-16/h2-13,29-30H,14H2,1H3,(H,27,31)/b25-13-. The topological polar surface area (TPSA) is 117 Å². The Morgan fingerprint density at radius 2 is 1.85 bits per heavy atom. The molecule has 4 aromatic rings. The van der Waals surface area contributed by atoms with Gasteiger partial charge in [0.05, 0.1) is 28.6 Å². The van der Waals surface area contributed by atoms with Crippen LogP contribution in [0.4, 0.5) is 0 Å². The fourth-order valence-corrected chi connectivity index (χ4v) is 4.00. The number of thioether (sulfide) groups is 1. The number of aromatic hydroxyl groups is 2. The van der Waals surface area contributed by atoms with Crippen LogP contribution < -0.4 is 11.0 Å². The minimum Gasteiger partial charge on any atom is -0.504 e. The molecule has 1 aromatic heterocycles. The molecule has 0 aliphatic rings. The average molecular weight is 461 g/mol. The number of rotatable bonds is 6. The number of hydrazone groups is 1. The Bertz CT molecular complexity index is 1430. The van der Waals surface area contributed by atoms with Gasteiger partial charge in [0.1, 0.15) is 0 Å². The van der Waals surface area contributed by atoms with E-state index < -0.39 is 5.91 Å². The van der Waals surface area contributed by atoms with Crippen molar-refractivity contribution < 1.29 is 15.0 Å². The highest BCUT2D eigenvalue weighted by Gasteiger charge is 2.15. The van der Waals surface area contributed by atoms with Crippen LogP contribution in [0.2, 0.25) is 0 Å². The van der Waals surface area contributed by atoms with E-state index in [9.17, 15) is 19.8 Å². The van der Waals surface area contributed by atoms with Crippen molar-refractivity contribution >= 4 is 34.8 Å². The van der Waals surface area contributed by atoms with Crippen molar-refractivity contribution in [3.05, 3.63) is 88.2 Å². The first-order chi connectivity index (χ1) is 15.9. The van der Waals surface area contributed by atoms with Crippen molar-refractivity contribution in [3.63, 3.8) is 0 Å². The van der Waals surface area contributed by atoms with Crippen LogP contribution in [0.1, 0.15) is 11.1 Å². The lowest BCUT2D eigenvalue weighted by Crippen LogP contribution is -2.24. The molecule has 33 heavy (non-hydrogen) atoms. The number of hydrogen-bond donors (Lipinski definition) is 3. The first-order valence-corrected chi connectivity index (χ1v) is 11.0. The van der Waals surface area contributed by atoms with Crippen LogP contribution in [0.3, 0.4) is 0 Å². The number of phenols is 2. The molecule has 8 nitrogen and oxygen atoms in total. The van der Waals surface area contributed by atoms with Crippen molar-refractivity contribution in [2.75, 3.05) is 5.75 Å². The molecule has 0 saturated carbocycles. The summed E-state index contributed by atoms with van der Waals surface area (Å²) in [6.45, 7) is 1.91. The molecule has 0 aliphatic heterocycles. The highest BCUT2D eigenvalue weighted by atomic mass is 32.2. The zero-order valence-electron chi connectivity index (χ0n) is 17.6. The summed E-state index contributed by atoms with van der Waals surface area (Å²) in [4.78, 5) is 30.2. The average Bonchev–Trinajstić information content (AvgIpc) is 2.81. The van der Waals surface area contributed by atoms with Gasteiger partial charge in [-0.15, -0.1) is 0 Å². The zero-order valence-corrected chi connectivity index (χ0v) is 18.4. The van der Waals surface area contributed by atoms with Gasteiger partial charge in [0.2, 0.25) is 0 Å².